The molecule has 1 aliphatic carbocycles. The highest BCUT2D eigenvalue weighted by Crippen LogP contribution is 2.26. The first-order valence-corrected chi connectivity index (χ1v) is 6.62. The molecule has 0 saturated heterocycles. The molecule has 0 bridgehead atoms. The SMILES string of the molecule is CC(C)C(S)C(=O)NCC(C)N(C)C1CC1. The van der Waals surface area contributed by atoms with E-state index < -0.39 is 0 Å². The number of rotatable bonds is 6. The molecular weight excluding hydrogens is 220 g/mol. The summed E-state index contributed by atoms with van der Waals surface area (Å²) in [4.78, 5) is 14.0. The molecule has 1 saturated carbocycles. The molecule has 0 radical (unpaired) electrons. The molecule has 1 rings (SSSR count). The van der Waals surface area contributed by atoms with E-state index in [0.717, 1.165) is 12.6 Å². The summed E-state index contributed by atoms with van der Waals surface area (Å²) in [7, 11) is 2.13. The first kappa shape index (κ1) is 13.8. The molecule has 3 nitrogen and oxygen atoms in total. The molecule has 0 aromatic heterocycles. The van der Waals surface area contributed by atoms with Crippen LogP contribution in [0.1, 0.15) is 33.6 Å². The van der Waals surface area contributed by atoms with Crippen molar-refractivity contribution in [1.82, 2.24) is 10.2 Å². The molecule has 1 aliphatic rings. The fraction of sp³-hybridized carbons (Fsp3) is 0.917. The molecule has 0 aliphatic heterocycles. The predicted molar refractivity (Wildman–Crippen MR) is 70.9 cm³/mol. The van der Waals surface area contributed by atoms with Crippen molar-refractivity contribution in [3.8, 4) is 0 Å². The van der Waals surface area contributed by atoms with E-state index in [1.165, 1.54) is 12.8 Å². The van der Waals surface area contributed by atoms with Crippen molar-refractivity contribution in [3.05, 3.63) is 0 Å². The van der Waals surface area contributed by atoms with Crippen molar-refractivity contribution in [2.45, 2.75) is 50.9 Å². The Labute approximate surface area is 104 Å². The third kappa shape index (κ3) is 3.98. The average Bonchev–Trinajstić information content (AvgIpc) is 3.06. The Kier molecular flexibility index (Phi) is 5.12. The lowest BCUT2D eigenvalue weighted by Gasteiger charge is -2.25. The maximum absolute atomic E-state index is 11.7. The highest BCUT2D eigenvalue weighted by Gasteiger charge is 2.29. The molecule has 94 valence electrons. The van der Waals surface area contributed by atoms with Crippen LogP contribution in [0.15, 0.2) is 0 Å². The lowest BCUT2D eigenvalue weighted by molar-refractivity contribution is -0.121. The summed E-state index contributed by atoms with van der Waals surface area (Å²) >= 11 is 4.30. The molecule has 16 heavy (non-hydrogen) atoms. The van der Waals surface area contributed by atoms with Crippen LogP contribution in [-0.2, 0) is 4.79 Å². The predicted octanol–water partition coefficient (Wildman–Crippen LogP) is 1.54. The number of hydrogen-bond acceptors (Lipinski definition) is 3. The second-order valence-corrected chi connectivity index (χ2v) is 5.74. The number of carbonyl (C=O) groups excluding carboxylic acids is 1. The molecule has 4 heteroatoms. The zero-order valence-electron chi connectivity index (χ0n) is 10.7. The third-order valence-corrected chi connectivity index (χ3v) is 4.12. The molecular formula is C12H24N2OS. The molecule has 0 aromatic rings. The fourth-order valence-electron chi connectivity index (χ4n) is 1.64. The summed E-state index contributed by atoms with van der Waals surface area (Å²) in [5.74, 6) is 0.328. The Morgan fingerprint density at radius 3 is 2.44 bits per heavy atom. The summed E-state index contributed by atoms with van der Waals surface area (Å²) < 4.78 is 0. The first-order chi connectivity index (χ1) is 7.43. The smallest absolute Gasteiger partial charge is 0.233 e. The highest BCUT2D eigenvalue weighted by atomic mass is 32.1. The van der Waals surface area contributed by atoms with Gasteiger partial charge in [-0.1, -0.05) is 13.8 Å². The molecule has 1 fully saturated rings. The van der Waals surface area contributed by atoms with Gasteiger partial charge in [0.2, 0.25) is 5.91 Å². The number of thiol groups is 1. The van der Waals surface area contributed by atoms with Gasteiger partial charge in [0.05, 0.1) is 5.25 Å². The topological polar surface area (TPSA) is 32.3 Å². The summed E-state index contributed by atoms with van der Waals surface area (Å²) in [6, 6.07) is 1.15. The monoisotopic (exact) mass is 244 g/mol. The third-order valence-electron chi connectivity index (χ3n) is 3.29. The highest BCUT2D eigenvalue weighted by molar-refractivity contribution is 7.81. The number of nitrogens with zero attached hydrogens (tertiary/aromatic N) is 1. The van der Waals surface area contributed by atoms with Crippen LogP contribution in [0.25, 0.3) is 0 Å². The number of nitrogens with one attached hydrogen (secondary N) is 1. The van der Waals surface area contributed by atoms with E-state index in [4.69, 9.17) is 0 Å². The molecule has 2 unspecified atom stereocenters. The van der Waals surface area contributed by atoms with Crippen LogP contribution in [0.3, 0.4) is 0 Å². The largest absolute Gasteiger partial charge is 0.354 e. The van der Waals surface area contributed by atoms with E-state index in [1.54, 1.807) is 0 Å². The fourth-order valence-corrected chi connectivity index (χ4v) is 1.73. The molecule has 1 amide bonds. The van der Waals surface area contributed by atoms with Gasteiger partial charge >= 0.3 is 0 Å². The van der Waals surface area contributed by atoms with E-state index in [-0.39, 0.29) is 17.1 Å². The van der Waals surface area contributed by atoms with E-state index in [0.29, 0.717) is 6.04 Å². The van der Waals surface area contributed by atoms with Crippen LogP contribution in [0, 0.1) is 5.92 Å². The Morgan fingerprint density at radius 2 is 2.00 bits per heavy atom. The van der Waals surface area contributed by atoms with E-state index >= 15 is 0 Å². The van der Waals surface area contributed by atoms with Crippen molar-refractivity contribution < 1.29 is 4.79 Å². The maximum atomic E-state index is 11.7. The normalized spacial score (nSPS) is 19.9. The van der Waals surface area contributed by atoms with Gasteiger partial charge in [-0.05, 0) is 32.7 Å². The Morgan fingerprint density at radius 1 is 1.44 bits per heavy atom. The first-order valence-electron chi connectivity index (χ1n) is 6.11. The minimum Gasteiger partial charge on any atom is -0.354 e. The lowest BCUT2D eigenvalue weighted by atomic mass is 10.1. The quantitative estimate of drug-likeness (QED) is 0.695. The van der Waals surface area contributed by atoms with Crippen LogP contribution < -0.4 is 5.32 Å². The van der Waals surface area contributed by atoms with Gasteiger partial charge in [-0.2, -0.15) is 12.6 Å². The van der Waals surface area contributed by atoms with Gasteiger partial charge in [-0.15, -0.1) is 0 Å². The Bertz CT molecular complexity index is 241. The van der Waals surface area contributed by atoms with Gasteiger partial charge in [-0.3, -0.25) is 9.69 Å². The number of carbonyl (C=O) groups is 1. The number of hydrogen-bond donors (Lipinski definition) is 2. The average molecular weight is 244 g/mol. The van der Waals surface area contributed by atoms with E-state index in [2.05, 4.69) is 36.8 Å². The van der Waals surface area contributed by atoms with Gasteiger partial charge in [-0.25, -0.2) is 0 Å². The standard InChI is InChI=1S/C12H24N2OS/c1-8(2)11(16)12(15)13-7-9(3)14(4)10-5-6-10/h8-11,16H,5-7H2,1-4H3,(H,13,15). The maximum Gasteiger partial charge on any atom is 0.233 e. The second kappa shape index (κ2) is 5.92. The second-order valence-electron chi connectivity index (χ2n) is 5.18. The summed E-state index contributed by atoms with van der Waals surface area (Å²) in [5.41, 5.74) is 0. The minimum atomic E-state index is -0.196. The van der Waals surface area contributed by atoms with E-state index in [9.17, 15) is 4.79 Å². The Balaban J connectivity index is 2.25. The summed E-state index contributed by atoms with van der Waals surface area (Å²) in [6.07, 6.45) is 2.60. The molecule has 0 heterocycles. The van der Waals surface area contributed by atoms with Crippen LogP contribution in [0.2, 0.25) is 0 Å². The zero-order valence-corrected chi connectivity index (χ0v) is 11.6. The van der Waals surface area contributed by atoms with Gasteiger partial charge in [0.15, 0.2) is 0 Å². The van der Waals surface area contributed by atoms with Crippen molar-refractivity contribution in [1.29, 1.82) is 0 Å². The molecule has 1 N–H and O–H groups in total. The van der Waals surface area contributed by atoms with Crippen molar-refractivity contribution >= 4 is 18.5 Å². The van der Waals surface area contributed by atoms with Gasteiger partial charge in [0.25, 0.3) is 0 Å². The van der Waals surface area contributed by atoms with Crippen LogP contribution in [0.4, 0.5) is 0 Å². The van der Waals surface area contributed by atoms with Gasteiger partial charge < -0.3 is 5.32 Å². The number of likely N-dealkylation sites (N-methyl/N-ethyl adjacent to an activating group) is 1. The van der Waals surface area contributed by atoms with Crippen molar-refractivity contribution in [3.63, 3.8) is 0 Å². The summed E-state index contributed by atoms with van der Waals surface area (Å²) in [5, 5.41) is 2.77. The van der Waals surface area contributed by atoms with Crippen LogP contribution >= 0.6 is 12.6 Å². The van der Waals surface area contributed by atoms with Crippen LogP contribution in [0.5, 0.6) is 0 Å². The van der Waals surface area contributed by atoms with Gasteiger partial charge in [0, 0.05) is 18.6 Å². The number of amides is 1. The Hall–Kier alpha value is -0.220. The van der Waals surface area contributed by atoms with Crippen molar-refractivity contribution in [2.75, 3.05) is 13.6 Å². The van der Waals surface area contributed by atoms with E-state index in [1.807, 2.05) is 13.8 Å². The van der Waals surface area contributed by atoms with Crippen LogP contribution in [-0.4, -0.2) is 41.7 Å². The van der Waals surface area contributed by atoms with Gasteiger partial charge in [0.1, 0.15) is 0 Å². The molecule has 0 aromatic carbocycles. The molecule has 2 atom stereocenters. The minimum absolute atomic E-state index is 0.0504. The van der Waals surface area contributed by atoms with Crippen molar-refractivity contribution in [2.24, 2.45) is 5.92 Å². The zero-order chi connectivity index (χ0) is 12.3. The molecule has 0 spiro atoms. The lowest BCUT2D eigenvalue weighted by Crippen LogP contribution is -2.44. The summed E-state index contributed by atoms with van der Waals surface area (Å²) in [6.45, 7) is 6.89.